The molecule has 0 N–H and O–H groups in total. The van der Waals surface area contributed by atoms with Crippen LogP contribution in [0.25, 0.3) is 0 Å². The van der Waals surface area contributed by atoms with Crippen molar-refractivity contribution < 1.29 is 4.74 Å². The van der Waals surface area contributed by atoms with E-state index in [0.29, 0.717) is 28.4 Å². The molecular weight excluding hydrogens is 270 g/mol. The molecule has 2 heteroatoms. The maximum atomic E-state index is 6.22. The molecule has 5 atom stereocenters. The maximum Gasteiger partial charge on any atom is 0.0731 e. The fourth-order valence-electron chi connectivity index (χ4n) is 7.88. The van der Waals surface area contributed by atoms with Gasteiger partial charge < -0.3 is 4.74 Å². The standard InChI is InChI=1S/C20H35NO/c1-14-17(22-7-6-21(14)5)8-16-15-9-18(2)11-19(3,10-15)13-20(16,4)12-18/h14-17H,6-13H2,1-5H3. The lowest BCUT2D eigenvalue weighted by atomic mass is 9.37. The summed E-state index contributed by atoms with van der Waals surface area (Å²) >= 11 is 0. The molecule has 0 aromatic heterocycles. The van der Waals surface area contributed by atoms with Crippen LogP contribution in [0.3, 0.4) is 0 Å². The van der Waals surface area contributed by atoms with Crippen molar-refractivity contribution in [3.05, 3.63) is 0 Å². The number of hydrogen-bond acceptors (Lipinski definition) is 2. The predicted molar refractivity (Wildman–Crippen MR) is 90.8 cm³/mol. The van der Waals surface area contributed by atoms with Crippen LogP contribution in [0, 0.1) is 28.1 Å². The minimum Gasteiger partial charge on any atom is -0.375 e. The van der Waals surface area contributed by atoms with Gasteiger partial charge in [0.05, 0.1) is 12.7 Å². The molecule has 1 heterocycles. The third-order valence-corrected chi connectivity index (χ3v) is 7.98. The molecule has 5 fully saturated rings. The van der Waals surface area contributed by atoms with Crippen molar-refractivity contribution in [2.45, 2.75) is 78.4 Å². The lowest BCUT2D eigenvalue weighted by molar-refractivity contribution is -0.192. The molecule has 1 aliphatic heterocycles. The summed E-state index contributed by atoms with van der Waals surface area (Å²) in [5.74, 6) is 1.85. The van der Waals surface area contributed by atoms with E-state index in [4.69, 9.17) is 4.74 Å². The molecule has 0 spiro atoms. The highest BCUT2D eigenvalue weighted by Gasteiger charge is 2.62. The van der Waals surface area contributed by atoms with E-state index in [9.17, 15) is 0 Å². The lowest BCUT2D eigenvalue weighted by Gasteiger charge is -2.68. The molecular formula is C20H35NO. The zero-order chi connectivity index (χ0) is 15.8. The number of likely N-dealkylation sites (N-methyl/N-ethyl adjacent to an activating group) is 1. The average molecular weight is 306 g/mol. The van der Waals surface area contributed by atoms with Gasteiger partial charge in [0.25, 0.3) is 0 Å². The van der Waals surface area contributed by atoms with E-state index in [1.165, 1.54) is 38.5 Å². The first-order valence-electron chi connectivity index (χ1n) is 9.54. The summed E-state index contributed by atoms with van der Waals surface area (Å²) in [5, 5.41) is 0. The van der Waals surface area contributed by atoms with Crippen LogP contribution < -0.4 is 0 Å². The van der Waals surface area contributed by atoms with Crippen LogP contribution in [-0.4, -0.2) is 37.2 Å². The third-order valence-electron chi connectivity index (χ3n) is 7.98. The van der Waals surface area contributed by atoms with Crippen molar-refractivity contribution in [1.82, 2.24) is 4.90 Å². The Morgan fingerprint density at radius 3 is 2.27 bits per heavy atom. The zero-order valence-corrected chi connectivity index (χ0v) is 15.3. The first-order chi connectivity index (χ1) is 10.2. The Bertz CT molecular complexity index is 443. The molecule has 4 saturated carbocycles. The summed E-state index contributed by atoms with van der Waals surface area (Å²) in [6.07, 6.45) is 9.15. The van der Waals surface area contributed by atoms with Gasteiger partial charge in [0, 0.05) is 12.6 Å². The second-order valence-corrected chi connectivity index (χ2v) is 10.4. The second kappa shape index (κ2) is 4.72. The number of rotatable bonds is 2. The van der Waals surface area contributed by atoms with Gasteiger partial charge in [-0.25, -0.2) is 0 Å². The van der Waals surface area contributed by atoms with E-state index >= 15 is 0 Å². The molecule has 0 aromatic rings. The molecule has 1 saturated heterocycles. The number of morpholine rings is 1. The summed E-state index contributed by atoms with van der Waals surface area (Å²) in [6, 6.07) is 0.584. The van der Waals surface area contributed by atoms with Gasteiger partial charge in [0.15, 0.2) is 0 Å². The first kappa shape index (κ1) is 15.4. The van der Waals surface area contributed by atoms with Crippen molar-refractivity contribution in [1.29, 1.82) is 0 Å². The molecule has 0 amide bonds. The topological polar surface area (TPSA) is 12.5 Å². The molecule has 5 aliphatic rings. The summed E-state index contributed by atoms with van der Waals surface area (Å²) in [6.45, 7) is 12.2. The van der Waals surface area contributed by atoms with Gasteiger partial charge in [0.2, 0.25) is 0 Å². The van der Waals surface area contributed by atoms with E-state index in [0.717, 1.165) is 25.0 Å². The highest BCUT2D eigenvalue weighted by molar-refractivity contribution is 5.12. The summed E-state index contributed by atoms with van der Waals surface area (Å²) in [4.78, 5) is 2.50. The van der Waals surface area contributed by atoms with E-state index in [2.05, 4.69) is 39.6 Å². The zero-order valence-electron chi connectivity index (χ0n) is 15.3. The van der Waals surface area contributed by atoms with Crippen LogP contribution in [0.15, 0.2) is 0 Å². The van der Waals surface area contributed by atoms with Gasteiger partial charge in [-0.15, -0.1) is 0 Å². The van der Waals surface area contributed by atoms with E-state index in [1.54, 1.807) is 0 Å². The molecule has 4 bridgehead atoms. The number of ether oxygens (including phenoxy) is 1. The van der Waals surface area contributed by atoms with Crippen LogP contribution in [-0.2, 0) is 4.74 Å². The maximum absolute atomic E-state index is 6.22. The fraction of sp³-hybridized carbons (Fsp3) is 1.00. The molecule has 22 heavy (non-hydrogen) atoms. The molecule has 2 nitrogen and oxygen atoms in total. The van der Waals surface area contributed by atoms with Gasteiger partial charge in [-0.3, -0.25) is 4.90 Å². The highest BCUT2D eigenvalue weighted by atomic mass is 16.5. The summed E-state index contributed by atoms with van der Waals surface area (Å²) in [5.41, 5.74) is 1.84. The first-order valence-corrected chi connectivity index (χ1v) is 9.54. The Hall–Kier alpha value is -0.0800. The summed E-state index contributed by atoms with van der Waals surface area (Å²) < 4.78 is 6.22. The van der Waals surface area contributed by atoms with Gasteiger partial charge in [0.1, 0.15) is 0 Å². The van der Waals surface area contributed by atoms with E-state index in [1.807, 2.05) is 0 Å². The number of hydrogen-bond donors (Lipinski definition) is 0. The fourth-order valence-corrected chi connectivity index (χ4v) is 7.88. The van der Waals surface area contributed by atoms with Crippen molar-refractivity contribution in [3.63, 3.8) is 0 Å². The molecule has 0 aromatic carbocycles. The van der Waals surface area contributed by atoms with E-state index < -0.39 is 0 Å². The van der Waals surface area contributed by atoms with Gasteiger partial charge in [-0.05, 0) is 80.6 Å². The predicted octanol–water partition coefficient (Wildman–Crippen LogP) is 4.34. The highest BCUT2D eigenvalue weighted by Crippen LogP contribution is 2.72. The van der Waals surface area contributed by atoms with Crippen LogP contribution >= 0.6 is 0 Å². The third kappa shape index (κ3) is 2.28. The Morgan fingerprint density at radius 2 is 1.68 bits per heavy atom. The van der Waals surface area contributed by atoms with Crippen LogP contribution in [0.4, 0.5) is 0 Å². The Kier molecular flexibility index (Phi) is 3.32. The van der Waals surface area contributed by atoms with Crippen LogP contribution in [0.2, 0.25) is 0 Å². The van der Waals surface area contributed by atoms with Crippen molar-refractivity contribution in [2.24, 2.45) is 28.1 Å². The van der Waals surface area contributed by atoms with Crippen molar-refractivity contribution in [3.8, 4) is 0 Å². The van der Waals surface area contributed by atoms with Gasteiger partial charge >= 0.3 is 0 Å². The SMILES string of the molecule is CC1C(CC2C3CC4(C)CC(C)(C3)CC2(C)C4)OCCN1C. The quantitative estimate of drug-likeness (QED) is 0.752. The molecule has 126 valence electrons. The Morgan fingerprint density at radius 1 is 1.05 bits per heavy atom. The number of nitrogens with zero attached hydrogens (tertiary/aromatic N) is 1. The lowest BCUT2D eigenvalue weighted by Crippen LogP contribution is -2.60. The summed E-state index contributed by atoms with van der Waals surface area (Å²) in [7, 11) is 2.26. The molecule has 4 aliphatic carbocycles. The Labute approximate surface area is 137 Å². The van der Waals surface area contributed by atoms with Crippen LogP contribution in [0.1, 0.15) is 66.2 Å². The van der Waals surface area contributed by atoms with Crippen LogP contribution in [0.5, 0.6) is 0 Å². The van der Waals surface area contributed by atoms with E-state index in [-0.39, 0.29) is 0 Å². The Balaban J connectivity index is 1.56. The van der Waals surface area contributed by atoms with Gasteiger partial charge in [-0.1, -0.05) is 20.8 Å². The van der Waals surface area contributed by atoms with Crippen molar-refractivity contribution >= 4 is 0 Å². The average Bonchev–Trinajstić information content (AvgIpc) is 2.35. The molecule has 5 unspecified atom stereocenters. The minimum absolute atomic E-state index is 0.457. The minimum atomic E-state index is 0.457. The smallest absolute Gasteiger partial charge is 0.0731 e. The normalized spacial score (nSPS) is 58.2. The second-order valence-electron chi connectivity index (χ2n) is 10.4. The van der Waals surface area contributed by atoms with Crippen molar-refractivity contribution in [2.75, 3.05) is 20.2 Å². The molecule has 5 rings (SSSR count). The largest absolute Gasteiger partial charge is 0.375 e. The van der Waals surface area contributed by atoms with Gasteiger partial charge in [-0.2, -0.15) is 0 Å². The molecule has 0 radical (unpaired) electrons. The monoisotopic (exact) mass is 305 g/mol.